The van der Waals surface area contributed by atoms with Gasteiger partial charge in [0.25, 0.3) is 0 Å². The van der Waals surface area contributed by atoms with Crippen molar-refractivity contribution in [1.29, 1.82) is 0 Å². The van der Waals surface area contributed by atoms with Crippen molar-refractivity contribution in [2.24, 2.45) is 0 Å². The summed E-state index contributed by atoms with van der Waals surface area (Å²) in [6.07, 6.45) is 0. The maximum Gasteiger partial charge on any atom is 0.129 e. The zero-order valence-electron chi connectivity index (χ0n) is 16.7. The summed E-state index contributed by atoms with van der Waals surface area (Å²) in [6, 6.07) is 11.0. The second-order valence-electron chi connectivity index (χ2n) is 7.49. The highest BCUT2D eigenvalue weighted by Gasteiger charge is 2.26. The summed E-state index contributed by atoms with van der Waals surface area (Å²) >= 11 is 0. The zero-order chi connectivity index (χ0) is 20.9. The third-order valence-electron chi connectivity index (χ3n) is 4.96. The first-order valence-electron chi connectivity index (χ1n) is 9.87. The van der Waals surface area contributed by atoms with Gasteiger partial charge >= 0.3 is 0 Å². The van der Waals surface area contributed by atoms with Crippen LogP contribution in [0.25, 0.3) is 0 Å². The van der Waals surface area contributed by atoms with Crippen molar-refractivity contribution in [1.82, 2.24) is 14.7 Å². The summed E-state index contributed by atoms with van der Waals surface area (Å²) in [5, 5.41) is 27.7. The smallest absolute Gasteiger partial charge is 0.129 e. The van der Waals surface area contributed by atoms with Crippen molar-refractivity contribution in [3.05, 3.63) is 71.0 Å². The van der Waals surface area contributed by atoms with E-state index in [1.54, 1.807) is 18.2 Å². The molecule has 0 atom stereocenters. The molecule has 1 aliphatic heterocycles. The first-order chi connectivity index (χ1) is 14.6. The van der Waals surface area contributed by atoms with Crippen LogP contribution in [0.1, 0.15) is 34.6 Å². The van der Waals surface area contributed by atoms with Gasteiger partial charge in [-0.15, -0.1) is 0 Å². The molecule has 0 radical (unpaired) electrons. The van der Waals surface area contributed by atoms with E-state index in [0.717, 1.165) is 17.3 Å². The summed E-state index contributed by atoms with van der Waals surface area (Å²) in [4.78, 5) is 6.69. The summed E-state index contributed by atoms with van der Waals surface area (Å²) in [6.45, 7) is 3.59. The van der Waals surface area contributed by atoms with Gasteiger partial charge in [0.2, 0.25) is 0 Å². The van der Waals surface area contributed by atoms with Crippen LogP contribution in [-0.4, -0.2) is 50.0 Å². The van der Waals surface area contributed by atoms with E-state index in [4.69, 9.17) is 13.3 Å². The van der Waals surface area contributed by atoms with Crippen LogP contribution in [0.15, 0.2) is 49.6 Å². The molecule has 162 valence electrons. The minimum absolute atomic E-state index is 0.115. The van der Waals surface area contributed by atoms with Crippen LogP contribution < -0.4 is 0 Å². The second kappa shape index (κ2) is 9.61. The number of aliphatic hydroxyl groups excluding tert-OH is 3. The van der Waals surface area contributed by atoms with Crippen molar-refractivity contribution < 1.29 is 28.6 Å². The Bertz CT molecular complexity index is 807. The van der Waals surface area contributed by atoms with Crippen LogP contribution in [0.2, 0.25) is 0 Å². The summed E-state index contributed by atoms with van der Waals surface area (Å²) in [5.41, 5.74) is 0. The molecule has 30 heavy (non-hydrogen) atoms. The molecule has 0 aliphatic carbocycles. The van der Waals surface area contributed by atoms with Gasteiger partial charge in [-0.25, -0.2) is 0 Å². The molecule has 0 aromatic carbocycles. The fraction of sp³-hybridized carbons (Fsp3) is 0.429. The highest BCUT2D eigenvalue weighted by Crippen LogP contribution is 2.20. The molecule has 0 bridgehead atoms. The van der Waals surface area contributed by atoms with Crippen molar-refractivity contribution >= 4 is 0 Å². The van der Waals surface area contributed by atoms with E-state index in [-0.39, 0.29) is 19.8 Å². The van der Waals surface area contributed by atoms with Crippen molar-refractivity contribution in [2.45, 2.75) is 39.5 Å². The van der Waals surface area contributed by atoms with Gasteiger partial charge in [0.05, 0.1) is 39.6 Å². The van der Waals surface area contributed by atoms with Gasteiger partial charge in [-0.1, -0.05) is 0 Å². The number of furan rings is 3. The third kappa shape index (κ3) is 5.20. The van der Waals surface area contributed by atoms with E-state index >= 15 is 0 Å². The van der Waals surface area contributed by atoms with Gasteiger partial charge in [-0.05, 0) is 36.4 Å². The van der Waals surface area contributed by atoms with Crippen LogP contribution in [0.5, 0.6) is 0 Å². The van der Waals surface area contributed by atoms with E-state index in [2.05, 4.69) is 14.7 Å². The Morgan fingerprint density at radius 1 is 0.500 bits per heavy atom. The number of hydrogen-bond donors (Lipinski definition) is 3. The molecule has 0 spiro atoms. The van der Waals surface area contributed by atoms with E-state index in [0.29, 0.717) is 56.9 Å². The fourth-order valence-corrected chi connectivity index (χ4v) is 3.72. The molecule has 0 amide bonds. The second-order valence-corrected chi connectivity index (χ2v) is 7.49. The zero-order valence-corrected chi connectivity index (χ0v) is 16.7. The molecule has 4 rings (SSSR count). The highest BCUT2D eigenvalue weighted by atomic mass is 16.4. The maximum absolute atomic E-state index is 9.23. The number of hydrogen-bond acceptors (Lipinski definition) is 9. The average Bonchev–Trinajstić information content (AvgIpc) is 3.49. The number of aliphatic hydroxyl groups is 3. The highest BCUT2D eigenvalue weighted by molar-refractivity contribution is 5.09. The molecule has 1 saturated heterocycles. The Morgan fingerprint density at radius 2 is 0.767 bits per heavy atom. The lowest BCUT2D eigenvalue weighted by Crippen LogP contribution is -2.53. The molecule has 9 heteroatoms. The molecule has 3 aromatic heterocycles. The number of nitrogens with zero attached hydrogens (tertiary/aromatic N) is 3. The Kier molecular flexibility index (Phi) is 6.68. The predicted molar refractivity (Wildman–Crippen MR) is 105 cm³/mol. The normalized spacial score (nSPS) is 16.5. The summed E-state index contributed by atoms with van der Waals surface area (Å²) < 4.78 is 17.0. The van der Waals surface area contributed by atoms with Gasteiger partial charge < -0.3 is 28.6 Å². The largest absolute Gasteiger partial charge is 0.462 e. The van der Waals surface area contributed by atoms with Crippen LogP contribution in [0, 0.1) is 0 Å². The Labute approximate surface area is 174 Å². The third-order valence-corrected chi connectivity index (χ3v) is 4.96. The average molecular weight is 417 g/mol. The van der Waals surface area contributed by atoms with Crippen LogP contribution in [0.3, 0.4) is 0 Å². The molecule has 0 saturated carbocycles. The van der Waals surface area contributed by atoms with Gasteiger partial charge in [-0.2, -0.15) is 0 Å². The van der Waals surface area contributed by atoms with Gasteiger partial charge in [0, 0.05) is 0 Å². The van der Waals surface area contributed by atoms with Gasteiger partial charge in [0.1, 0.15) is 54.4 Å². The molecule has 3 aromatic rings. The lowest BCUT2D eigenvalue weighted by atomic mass is 10.3. The van der Waals surface area contributed by atoms with Crippen LogP contribution in [0.4, 0.5) is 0 Å². The fourth-order valence-electron chi connectivity index (χ4n) is 3.72. The van der Waals surface area contributed by atoms with E-state index in [1.807, 2.05) is 18.2 Å². The lowest BCUT2D eigenvalue weighted by Gasteiger charge is -2.41. The van der Waals surface area contributed by atoms with E-state index < -0.39 is 0 Å². The topological polar surface area (TPSA) is 110 Å². The molecule has 1 aliphatic rings. The molecule has 3 N–H and O–H groups in total. The Morgan fingerprint density at radius 3 is 1.00 bits per heavy atom. The maximum atomic E-state index is 9.23. The van der Waals surface area contributed by atoms with Gasteiger partial charge in [-0.3, -0.25) is 14.7 Å². The SMILES string of the molecule is OCc1ccc(CN2CN(Cc3ccc(CO)o3)CN(Cc3ccc(CO)o3)C2)o1. The molecule has 4 heterocycles. The van der Waals surface area contributed by atoms with Gasteiger partial charge in [0.15, 0.2) is 0 Å². The number of rotatable bonds is 9. The molecular weight excluding hydrogens is 390 g/mol. The minimum atomic E-state index is -0.115. The quantitative estimate of drug-likeness (QED) is 0.478. The summed E-state index contributed by atoms with van der Waals surface area (Å²) in [5.74, 6) is 4.03. The molecule has 0 unspecified atom stereocenters. The lowest BCUT2D eigenvalue weighted by molar-refractivity contribution is -0.0497. The first-order valence-corrected chi connectivity index (χ1v) is 9.87. The first kappa shape index (κ1) is 20.9. The minimum Gasteiger partial charge on any atom is -0.462 e. The Balaban J connectivity index is 1.45. The monoisotopic (exact) mass is 417 g/mol. The van der Waals surface area contributed by atoms with E-state index in [9.17, 15) is 15.3 Å². The van der Waals surface area contributed by atoms with Crippen molar-refractivity contribution in [2.75, 3.05) is 20.0 Å². The predicted octanol–water partition coefficient (Wildman–Crippen LogP) is 1.64. The van der Waals surface area contributed by atoms with Crippen molar-refractivity contribution in [3.8, 4) is 0 Å². The summed E-state index contributed by atoms with van der Waals surface area (Å²) in [7, 11) is 0. The van der Waals surface area contributed by atoms with Crippen LogP contribution in [-0.2, 0) is 39.5 Å². The van der Waals surface area contributed by atoms with E-state index in [1.165, 1.54) is 0 Å². The molecule has 9 nitrogen and oxygen atoms in total. The van der Waals surface area contributed by atoms with Crippen molar-refractivity contribution in [3.63, 3.8) is 0 Å². The van der Waals surface area contributed by atoms with Crippen LogP contribution >= 0.6 is 0 Å². The Hall–Kier alpha value is -2.40. The standard InChI is InChI=1S/C21H27N3O6/c25-10-19-4-1-16(28-19)7-22-13-23(8-17-2-5-20(11-26)29-17)15-24(14-22)9-18-3-6-21(12-27)30-18/h1-6,25-27H,7-15H2. The molecular formula is C21H27N3O6. The molecule has 1 fully saturated rings.